The first kappa shape index (κ1) is 22.7. The lowest BCUT2D eigenvalue weighted by molar-refractivity contribution is 1.19. The molecule has 0 saturated carbocycles. The van der Waals surface area contributed by atoms with Gasteiger partial charge in [0.15, 0.2) is 0 Å². The summed E-state index contributed by atoms with van der Waals surface area (Å²) in [6.45, 7) is 0. The van der Waals surface area contributed by atoms with Gasteiger partial charge in [0.1, 0.15) is 0 Å². The van der Waals surface area contributed by atoms with Crippen LogP contribution >= 0.6 is 0 Å². The summed E-state index contributed by atoms with van der Waals surface area (Å²) in [5, 5.41) is 15.5. The molecule has 0 unspecified atom stereocenters. The summed E-state index contributed by atoms with van der Waals surface area (Å²) in [7, 11) is 0. The van der Waals surface area contributed by atoms with E-state index in [1.807, 2.05) is 0 Å². The largest absolute Gasteiger partial charge is 0.309 e. The number of aromatic nitrogens is 2. The lowest BCUT2D eigenvalue weighted by Crippen LogP contribution is -1.95. The van der Waals surface area contributed by atoms with Crippen molar-refractivity contribution < 1.29 is 0 Å². The van der Waals surface area contributed by atoms with Gasteiger partial charge in [-0.2, -0.15) is 0 Å². The molecule has 0 bridgehead atoms. The molecule has 2 nitrogen and oxygen atoms in total. The monoisotopic (exact) mass is 556 g/mol. The molecule has 0 aliphatic heterocycles. The maximum atomic E-state index is 2.53. The van der Waals surface area contributed by atoms with Crippen LogP contribution < -0.4 is 0 Å². The zero-order valence-electron chi connectivity index (χ0n) is 23.8. The molecule has 8 aromatic carbocycles. The van der Waals surface area contributed by atoms with Gasteiger partial charge in [-0.25, -0.2) is 0 Å². The third kappa shape index (κ3) is 2.63. The highest BCUT2D eigenvalue weighted by atomic mass is 15.0. The number of benzene rings is 8. The van der Waals surface area contributed by atoms with Gasteiger partial charge >= 0.3 is 0 Å². The maximum absolute atomic E-state index is 2.53. The van der Waals surface area contributed by atoms with Crippen LogP contribution in [0.15, 0.2) is 146 Å². The van der Waals surface area contributed by atoms with Crippen LogP contribution in [-0.2, 0) is 0 Å². The average molecular weight is 557 g/mol. The Labute approximate surface area is 251 Å². The predicted octanol–water partition coefficient (Wildman–Crippen LogP) is 11.4. The summed E-state index contributed by atoms with van der Waals surface area (Å²) in [4.78, 5) is 0. The Hall–Kier alpha value is -5.86. The minimum absolute atomic E-state index is 1.19. The minimum atomic E-state index is 1.19. The van der Waals surface area contributed by atoms with Crippen LogP contribution in [0, 0.1) is 0 Å². The normalized spacial score (nSPS) is 12.5. The van der Waals surface area contributed by atoms with Gasteiger partial charge in [0.25, 0.3) is 0 Å². The van der Waals surface area contributed by atoms with Gasteiger partial charge in [-0.15, -0.1) is 0 Å². The van der Waals surface area contributed by atoms with Gasteiger partial charge in [0, 0.05) is 48.8 Å². The molecule has 11 aromatic rings. The highest BCUT2D eigenvalue weighted by Crippen LogP contribution is 2.48. The molecule has 44 heavy (non-hydrogen) atoms. The molecule has 0 atom stereocenters. The molecule has 2 heteroatoms. The van der Waals surface area contributed by atoms with E-state index in [0.717, 1.165) is 0 Å². The van der Waals surface area contributed by atoms with Crippen molar-refractivity contribution in [3.63, 3.8) is 0 Å². The summed E-state index contributed by atoms with van der Waals surface area (Å²) in [5.41, 5.74) is 7.57. The Balaban J connectivity index is 1.42. The predicted molar refractivity (Wildman–Crippen MR) is 188 cm³/mol. The summed E-state index contributed by atoms with van der Waals surface area (Å²) in [5.74, 6) is 0. The molecule has 0 amide bonds. The number of rotatable bonds is 1. The van der Waals surface area contributed by atoms with E-state index in [4.69, 9.17) is 0 Å². The number of fused-ring (bicyclic) bond motifs is 16. The first-order valence-electron chi connectivity index (χ1n) is 15.3. The van der Waals surface area contributed by atoms with E-state index in [0.29, 0.717) is 0 Å². The standard InChI is InChI=1S/C42H24N2/c1-2-11-28-25(10-1)20-21-26-22-23-27(24-35(26)28)43-37-19-8-6-15-33(37)38-39-34-17-9-16-30-29-12-5-7-18-36(29)44(40(30)34)42(39)32-14-4-3-13-31(32)41(38)43/h1-24H. The summed E-state index contributed by atoms with van der Waals surface area (Å²) < 4.78 is 5.05. The zero-order valence-corrected chi connectivity index (χ0v) is 23.8. The SMILES string of the molecule is c1ccc2c(c1)ccc1ccc(-n3c4ccccc4c4c5c6cccc7c8ccccc8n(c76)c5c5ccccc5c43)cc12. The molecule has 0 aliphatic carbocycles. The van der Waals surface area contributed by atoms with Gasteiger partial charge in [-0.1, -0.05) is 121 Å². The Kier molecular flexibility index (Phi) is 4.10. The molecule has 0 radical (unpaired) electrons. The molecule has 0 N–H and O–H groups in total. The fourth-order valence-corrected chi connectivity index (χ4v) is 8.24. The van der Waals surface area contributed by atoms with Gasteiger partial charge in [0.05, 0.1) is 27.6 Å². The third-order valence-corrected chi connectivity index (χ3v) is 9.97. The molecule has 0 aliphatic rings. The van der Waals surface area contributed by atoms with E-state index < -0.39 is 0 Å². The van der Waals surface area contributed by atoms with Gasteiger partial charge in [-0.05, 0) is 45.8 Å². The van der Waals surface area contributed by atoms with Crippen molar-refractivity contribution in [3.8, 4) is 5.69 Å². The molecule has 0 fully saturated rings. The van der Waals surface area contributed by atoms with Crippen molar-refractivity contribution in [2.75, 3.05) is 0 Å². The molecule has 0 saturated heterocycles. The van der Waals surface area contributed by atoms with Crippen molar-refractivity contribution in [3.05, 3.63) is 146 Å². The lowest BCUT2D eigenvalue weighted by atomic mass is 9.98. The molecule has 11 rings (SSSR count). The second-order valence-electron chi connectivity index (χ2n) is 12.1. The van der Waals surface area contributed by atoms with Crippen molar-refractivity contribution >= 4 is 92.2 Å². The molecule has 3 heterocycles. The molecule has 3 aromatic heterocycles. The first-order chi connectivity index (χ1) is 21.9. The van der Waals surface area contributed by atoms with E-state index in [2.05, 4.69) is 155 Å². The van der Waals surface area contributed by atoms with Crippen molar-refractivity contribution in [1.82, 2.24) is 8.97 Å². The number of hydrogen-bond acceptors (Lipinski definition) is 0. The smallest absolute Gasteiger partial charge is 0.0627 e. The summed E-state index contributed by atoms with van der Waals surface area (Å²) in [6.07, 6.45) is 0. The van der Waals surface area contributed by atoms with Crippen LogP contribution in [0.3, 0.4) is 0 Å². The van der Waals surface area contributed by atoms with Crippen LogP contribution in [-0.4, -0.2) is 8.97 Å². The van der Waals surface area contributed by atoms with Crippen molar-refractivity contribution in [2.24, 2.45) is 0 Å². The van der Waals surface area contributed by atoms with E-state index in [-0.39, 0.29) is 0 Å². The summed E-state index contributed by atoms with van der Waals surface area (Å²) in [6, 6.07) is 53.8. The van der Waals surface area contributed by atoms with Crippen LogP contribution in [0.25, 0.3) is 97.9 Å². The van der Waals surface area contributed by atoms with E-state index in [9.17, 15) is 0 Å². The fourth-order valence-electron chi connectivity index (χ4n) is 8.24. The second kappa shape index (κ2) is 7.94. The van der Waals surface area contributed by atoms with Crippen molar-refractivity contribution in [1.29, 1.82) is 0 Å². The zero-order chi connectivity index (χ0) is 28.5. The highest BCUT2D eigenvalue weighted by Gasteiger charge is 2.25. The molecule has 202 valence electrons. The first-order valence-corrected chi connectivity index (χ1v) is 15.3. The Bertz CT molecular complexity index is 2990. The fraction of sp³-hybridized carbons (Fsp3) is 0. The van der Waals surface area contributed by atoms with E-state index >= 15 is 0 Å². The van der Waals surface area contributed by atoms with Crippen LogP contribution in [0.2, 0.25) is 0 Å². The van der Waals surface area contributed by atoms with Crippen LogP contribution in [0.5, 0.6) is 0 Å². The topological polar surface area (TPSA) is 9.34 Å². The Morgan fingerprint density at radius 1 is 0.318 bits per heavy atom. The van der Waals surface area contributed by atoms with Crippen LogP contribution in [0.4, 0.5) is 0 Å². The van der Waals surface area contributed by atoms with E-state index in [1.165, 1.54) is 97.9 Å². The average Bonchev–Trinajstić information content (AvgIpc) is 3.73. The van der Waals surface area contributed by atoms with Crippen molar-refractivity contribution in [2.45, 2.75) is 0 Å². The minimum Gasteiger partial charge on any atom is -0.309 e. The number of para-hydroxylation sites is 3. The molecular weight excluding hydrogens is 532 g/mol. The Morgan fingerprint density at radius 3 is 1.70 bits per heavy atom. The van der Waals surface area contributed by atoms with Gasteiger partial charge in [0.2, 0.25) is 0 Å². The maximum Gasteiger partial charge on any atom is 0.0627 e. The highest BCUT2D eigenvalue weighted by molar-refractivity contribution is 6.39. The second-order valence-corrected chi connectivity index (χ2v) is 12.1. The number of nitrogens with zero attached hydrogens (tertiary/aromatic N) is 2. The van der Waals surface area contributed by atoms with E-state index in [1.54, 1.807) is 0 Å². The third-order valence-electron chi connectivity index (χ3n) is 9.97. The lowest BCUT2D eigenvalue weighted by Gasteiger charge is -2.13. The van der Waals surface area contributed by atoms with Gasteiger partial charge < -0.3 is 8.97 Å². The Morgan fingerprint density at radius 2 is 0.864 bits per heavy atom. The van der Waals surface area contributed by atoms with Crippen LogP contribution in [0.1, 0.15) is 0 Å². The molecular formula is C42H24N2. The van der Waals surface area contributed by atoms with Gasteiger partial charge in [-0.3, -0.25) is 0 Å². The number of hydrogen-bond donors (Lipinski definition) is 0. The molecule has 0 spiro atoms. The summed E-state index contributed by atoms with van der Waals surface area (Å²) >= 11 is 0. The quantitative estimate of drug-likeness (QED) is 0.178.